The predicted molar refractivity (Wildman–Crippen MR) is 81.9 cm³/mol. The Morgan fingerprint density at radius 2 is 2.00 bits per heavy atom. The van der Waals surface area contributed by atoms with Gasteiger partial charge in [0.25, 0.3) is 11.8 Å². The number of nitrogens with zero attached hydrogens (tertiary/aromatic N) is 2. The summed E-state index contributed by atoms with van der Waals surface area (Å²) in [6.45, 7) is 2.65. The Kier molecular flexibility index (Phi) is 4.77. The average Bonchev–Trinajstić information content (AvgIpc) is 2.86. The molecule has 1 aromatic carbocycles. The lowest BCUT2D eigenvalue weighted by Gasteiger charge is -2.07. The first-order valence-electron chi connectivity index (χ1n) is 6.89. The summed E-state index contributed by atoms with van der Waals surface area (Å²) in [5.74, 6) is -0.297. The van der Waals surface area contributed by atoms with E-state index in [4.69, 9.17) is 10.5 Å². The number of ether oxygens (including phenoxy) is 1. The zero-order valence-electron chi connectivity index (χ0n) is 12.5. The van der Waals surface area contributed by atoms with Gasteiger partial charge in [-0.1, -0.05) is 6.92 Å². The number of primary amides is 1. The van der Waals surface area contributed by atoms with Crippen LogP contribution in [0.4, 0.5) is 5.69 Å². The molecule has 0 aliphatic heterocycles. The van der Waals surface area contributed by atoms with Crippen LogP contribution in [0.15, 0.2) is 30.5 Å². The van der Waals surface area contributed by atoms with Gasteiger partial charge in [0, 0.05) is 12.6 Å². The summed E-state index contributed by atoms with van der Waals surface area (Å²) in [6, 6.07) is 6.76. The highest BCUT2D eigenvalue weighted by molar-refractivity contribution is 6.08. The van der Waals surface area contributed by atoms with E-state index in [2.05, 4.69) is 10.4 Å². The van der Waals surface area contributed by atoms with E-state index in [-0.39, 0.29) is 17.3 Å². The van der Waals surface area contributed by atoms with Crippen LogP contribution in [0.1, 0.15) is 34.2 Å². The second-order valence-corrected chi connectivity index (χ2v) is 4.72. The molecule has 7 nitrogen and oxygen atoms in total. The molecule has 22 heavy (non-hydrogen) atoms. The maximum Gasteiger partial charge on any atom is 0.269 e. The van der Waals surface area contributed by atoms with Gasteiger partial charge >= 0.3 is 0 Å². The highest BCUT2D eigenvalue weighted by atomic mass is 16.5. The Balaban J connectivity index is 2.11. The van der Waals surface area contributed by atoms with Gasteiger partial charge in [0.1, 0.15) is 11.4 Å². The summed E-state index contributed by atoms with van der Waals surface area (Å²) in [5.41, 5.74) is 6.15. The molecule has 2 rings (SSSR count). The monoisotopic (exact) mass is 302 g/mol. The number of amides is 2. The summed E-state index contributed by atoms with van der Waals surface area (Å²) in [4.78, 5) is 23.5. The summed E-state index contributed by atoms with van der Waals surface area (Å²) in [7, 11) is 1.58. The molecule has 0 saturated carbocycles. The third-order valence-corrected chi connectivity index (χ3v) is 3.01. The number of aromatic nitrogens is 2. The molecule has 3 N–H and O–H groups in total. The minimum Gasteiger partial charge on any atom is -0.494 e. The minimum absolute atomic E-state index is 0.149. The molecule has 0 spiro atoms. The van der Waals surface area contributed by atoms with E-state index in [1.807, 2.05) is 6.92 Å². The third-order valence-electron chi connectivity index (χ3n) is 3.01. The second kappa shape index (κ2) is 6.75. The standard InChI is InChI=1S/C15H18N4O3/c1-3-8-22-11-6-4-10(5-7-11)15(21)18-12-9-17-19(2)13(12)14(16)20/h4-7,9H,3,8H2,1-2H3,(H2,16,20)(H,18,21). The lowest BCUT2D eigenvalue weighted by Crippen LogP contribution is -2.20. The fourth-order valence-corrected chi connectivity index (χ4v) is 1.94. The molecule has 1 heterocycles. The summed E-state index contributed by atoms with van der Waals surface area (Å²) < 4.78 is 6.77. The zero-order valence-corrected chi connectivity index (χ0v) is 12.5. The SMILES string of the molecule is CCCOc1ccc(C(=O)Nc2cnn(C)c2C(N)=O)cc1. The maximum atomic E-state index is 12.2. The molecule has 0 unspecified atom stereocenters. The van der Waals surface area contributed by atoms with Crippen molar-refractivity contribution in [2.75, 3.05) is 11.9 Å². The van der Waals surface area contributed by atoms with Crippen molar-refractivity contribution in [2.45, 2.75) is 13.3 Å². The van der Waals surface area contributed by atoms with Gasteiger partial charge in [0.15, 0.2) is 0 Å². The Morgan fingerprint density at radius 3 is 2.59 bits per heavy atom. The van der Waals surface area contributed by atoms with Gasteiger partial charge in [0.05, 0.1) is 18.5 Å². The molecule has 7 heteroatoms. The van der Waals surface area contributed by atoms with Crippen LogP contribution >= 0.6 is 0 Å². The number of benzene rings is 1. The number of aryl methyl sites for hydroxylation is 1. The van der Waals surface area contributed by atoms with E-state index in [9.17, 15) is 9.59 Å². The van der Waals surface area contributed by atoms with Crippen molar-refractivity contribution in [3.63, 3.8) is 0 Å². The van der Waals surface area contributed by atoms with Crippen LogP contribution in [-0.2, 0) is 7.05 Å². The van der Waals surface area contributed by atoms with Gasteiger partial charge in [-0.25, -0.2) is 0 Å². The van der Waals surface area contributed by atoms with Gasteiger partial charge < -0.3 is 15.8 Å². The lowest BCUT2D eigenvalue weighted by molar-refractivity contribution is 0.0992. The van der Waals surface area contributed by atoms with Gasteiger partial charge in [-0.3, -0.25) is 14.3 Å². The van der Waals surface area contributed by atoms with Crippen LogP contribution in [0.2, 0.25) is 0 Å². The summed E-state index contributed by atoms with van der Waals surface area (Å²) >= 11 is 0. The molecular formula is C15H18N4O3. The van der Waals surface area contributed by atoms with Gasteiger partial charge in [-0.2, -0.15) is 5.10 Å². The van der Waals surface area contributed by atoms with Crippen molar-refractivity contribution >= 4 is 17.5 Å². The molecule has 0 saturated heterocycles. The quantitative estimate of drug-likeness (QED) is 0.845. The zero-order chi connectivity index (χ0) is 16.1. The van der Waals surface area contributed by atoms with Crippen molar-refractivity contribution in [1.29, 1.82) is 0 Å². The van der Waals surface area contributed by atoms with Crippen molar-refractivity contribution in [3.8, 4) is 5.75 Å². The maximum absolute atomic E-state index is 12.2. The topological polar surface area (TPSA) is 99.2 Å². The van der Waals surface area contributed by atoms with Gasteiger partial charge in [-0.05, 0) is 30.7 Å². The van der Waals surface area contributed by atoms with Crippen LogP contribution in [0.25, 0.3) is 0 Å². The van der Waals surface area contributed by atoms with Crippen LogP contribution < -0.4 is 15.8 Å². The third kappa shape index (κ3) is 3.43. The number of carbonyl (C=O) groups excluding carboxylic acids is 2. The molecular weight excluding hydrogens is 284 g/mol. The Morgan fingerprint density at radius 1 is 1.32 bits per heavy atom. The highest BCUT2D eigenvalue weighted by Gasteiger charge is 2.16. The number of hydrogen-bond acceptors (Lipinski definition) is 4. The number of anilines is 1. The highest BCUT2D eigenvalue weighted by Crippen LogP contribution is 2.17. The summed E-state index contributed by atoms with van der Waals surface area (Å²) in [6.07, 6.45) is 2.30. The van der Waals surface area contributed by atoms with E-state index in [1.165, 1.54) is 10.9 Å². The van der Waals surface area contributed by atoms with Crippen molar-refractivity contribution < 1.29 is 14.3 Å². The van der Waals surface area contributed by atoms with E-state index in [1.54, 1.807) is 31.3 Å². The number of rotatable bonds is 6. The van der Waals surface area contributed by atoms with Crippen molar-refractivity contribution in [3.05, 3.63) is 41.7 Å². The van der Waals surface area contributed by atoms with Crippen LogP contribution in [-0.4, -0.2) is 28.2 Å². The first-order chi connectivity index (χ1) is 10.5. The number of nitrogens with two attached hydrogens (primary N) is 1. The average molecular weight is 302 g/mol. The van der Waals surface area contributed by atoms with E-state index in [0.29, 0.717) is 17.9 Å². The van der Waals surface area contributed by atoms with Crippen LogP contribution in [0.3, 0.4) is 0 Å². The minimum atomic E-state index is -0.654. The molecule has 0 aliphatic carbocycles. The second-order valence-electron chi connectivity index (χ2n) is 4.72. The largest absolute Gasteiger partial charge is 0.494 e. The first kappa shape index (κ1) is 15.6. The Hall–Kier alpha value is -2.83. The fourth-order valence-electron chi connectivity index (χ4n) is 1.94. The van der Waals surface area contributed by atoms with Crippen molar-refractivity contribution in [2.24, 2.45) is 12.8 Å². The number of hydrogen-bond donors (Lipinski definition) is 2. The normalized spacial score (nSPS) is 10.3. The molecule has 0 fully saturated rings. The predicted octanol–water partition coefficient (Wildman–Crippen LogP) is 1.56. The molecule has 0 atom stereocenters. The Labute approximate surface area is 128 Å². The van der Waals surface area contributed by atoms with Crippen molar-refractivity contribution in [1.82, 2.24) is 9.78 Å². The molecule has 0 aliphatic rings. The van der Waals surface area contributed by atoms with Gasteiger partial charge in [-0.15, -0.1) is 0 Å². The van der Waals surface area contributed by atoms with E-state index < -0.39 is 5.91 Å². The number of nitrogens with one attached hydrogen (secondary N) is 1. The van der Waals surface area contributed by atoms with Gasteiger partial charge in [0.2, 0.25) is 0 Å². The van der Waals surface area contributed by atoms with Crippen LogP contribution in [0, 0.1) is 0 Å². The molecule has 0 radical (unpaired) electrons. The Bertz CT molecular complexity index is 677. The molecule has 2 aromatic rings. The van der Waals surface area contributed by atoms with E-state index in [0.717, 1.165) is 6.42 Å². The lowest BCUT2D eigenvalue weighted by atomic mass is 10.2. The fraction of sp³-hybridized carbons (Fsp3) is 0.267. The molecule has 2 amide bonds. The molecule has 1 aromatic heterocycles. The first-order valence-corrected chi connectivity index (χ1v) is 6.89. The van der Waals surface area contributed by atoms with Crippen LogP contribution in [0.5, 0.6) is 5.75 Å². The molecule has 0 bridgehead atoms. The summed E-state index contributed by atoms with van der Waals surface area (Å²) in [5, 5.41) is 6.54. The smallest absolute Gasteiger partial charge is 0.269 e. The number of carbonyl (C=O) groups is 2. The molecule has 116 valence electrons. The van der Waals surface area contributed by atoms with E-state index >= 15 is 0 Å².